The Morgan fingerprint density at radius 2 is 1.43 bits per heavy atom. The van der Waals surface area contributed by atoms with Crippen LogP contribution in [0.15, 0.2) is 0 Å². The summed E-state index contributed by atoms with van der Waals surface area (Å²) in [5.41, 5.74) is -1.16. The van der Waals surface area contributed by atoms with Crippen molar-refractivity contribution in [2.75, 3.05) is 13.2 Å². The summed E-state index contributed by atoms with van der Waals surface area (Å²) in [6.45, 7) is 12.4. The molecule has 0 aliphatic rings. The van der Waals surface area contributed by atoms with E-state index in [9.17, 15) is 9.59 Å². The van der Waals surface area contributed by atoms with Gasteiger partial charge in [0.05, 0.1) is 13.2 Å². The maximum Gasteiger partial charge on any atom is 0.323 e. The molecule has 0 aromatic carbocycles. The fourth-order valence-corrected chi connectivity index (χ4v) is 3.17. The summed E-state index contributed by atoms with van der Waals surface area (Å²) >= 11 is 0. The topological polar surface area (TPSA) is 52.6 Å². The number of unbranched alkanes of at least 4 members (excludes halogenated alkanes) is 1. The number of ether oxygens (including phenoxy) is 2. The van der Waals surface area contributed by atoms with Gasteiger partial charge in [-0.15, -0.1) is 0 Å². The molecule has 0 bridgehead atoms. The summed E-state index contributed by atoms with van der Waals surface area (Å²) in [4.78, 5) is 25.4. The molecule has 4 nitrogen and oxygen atoms in total. The van der Waals surface area contributed by atoms with Gasteiger partial charge in [0.1, 0.15) is 0 Å². The van der Waals surface area contributed by atoms with Crippen LogP contribution in [0.25, 0.3) is 0 Å². The van der Waals surface area contributed by atoms with Crippen molar-refractivity contribution in [2.45, 2.75) is 80.1 Å². The monoisotopic (exact) mass is 328 g/mol. The fourth-order valence-electron chi connectivity index (χ4n) is 3.17. The van der Waals surface area contributed by atoms with Crippen LogP contribution in [0.1, 0.15) is 80.1 Å². The van der Waals surface area contributed by atoms with Crippen molar-refractivity contribution in [1.29, 1.82) is 0 Å². The van der Waals surface area contributed by atoms with E-state index in [-0.39, 0.29) is 19.1 Å². The van der Waals surface area contributed by atoms with Gasteiger partial charge in [0.2, 0.25) is 0 Å². The first-order valence-corrected chi connectivity index (χ1v) is 9.22. The Labute approximate surface area is 142 Å². The van der Waals surface area contributed by atoms with Gasteiger partial charge in [-0.1, -0.05) is 53.4 Å². The molecule has 0 rings (SSSR count). The molecule has 0 fully saturated rings. The van der Waals surface area contributed by atoms with E-state index in [0.717, 1.165) is 25.7 Å². The standard InChI is InChI=1S/C19H36O4/c1-7-11-12-16(8-2)14-19(13-15(5)6,17(20)22-9-3)18(21)23-10-4/h15-16H,7-14H2,1-6H3. The van der Waals surface area contributed by atoms with Gasteiger partial charge in [-0.05, 0) is 38.5 Å². The Kier molecular flexibility index (Phi) is 10.9. The number of carbonyl (C=O) groups excluding carboxylic acids is 2. The predicted molar refractivity (Wildman–Crippen MR) is 93.1 cm³/mol. The fraction of sp³-hybridized carbons (Fsp3) is 0.895. The summed E-state index contributed by atoms with van der Waals surface area (Å²) in [6, 6.07) is 0. The average Bonchev–Trinajstić information content (AvgIpc) is 2.50. The zero-order valence-corrected chi connectivity index (χ0v) is 15.9. The summed E-state index contributed by atoms with van der Waals surface area (Å²) < 4.78 is 10.6. The third kappa shape index (κ3) is 6.92. The summed E-state index contributed by atoms with van der Waals surface area (Å²) in [6.07, 6.45) is 5.23. The van der Waals surface area contributed by atoms with Crippen molar-refractivity contribution < 1.29 is 19.1 Å². The van der Waals surface area contributed by atoms with Gasteiger partial charge in [-0.25, -0.2) is 0 Å². The number of esters is 2. The van der Waals surface area contributed by atoms with Gasteiger partial charge < -0.3 is 9.47 Å². The van der Waals surface area contributed by atoms with E-state index in [0.29, 0.717) is 18.8 Å². The van der Waals surface area contributed by atoms with Crippen molar-refractivity contribution >= 4 is 11.9 Å². The second-order valence-electron chi connectivity index (χ2n) is 6.74. The highest BCUT2D eigenvalue weighted by molar-refractivity contribution is 6.00. The smallest absolute Gasteiger partial charge is 0.323 e. The molecular formula is C19H36O4. The Morgan fingerprint density at radius 3 is 1.78 bits per heavy atom. The van der Waals surface area contributed by atoms with Gasteiger partial charge in [-0.2, -0.15) is 0 Å². The lowest BCUT2D eigenvalue weighted by molar-refractivity contribution is -0.175. The van der Waals surface area contributed by atoms with Crippen LogP contribution in [-0.4, -0.2) is 25.2 Å². The van der Waals surface area contributed by atoms with Gasteiger partial charge in [0, 0.05) is 0 Å². The molecule has 1 atom stereocenters. The highest BCUT2D eigenvalue weighted by Gasteiger charge is 2.50. The molecule has 0 aliphatic carbocycles. The Morgan fingerprint density at radius 1 is 0.913 bits per heavy atom. The first-order chi connectivity index (χ1) is 10.9. The van der Waals surface area contributed by atoms with Crippen LogP contribution in [0.3, 0.4) is 0 Å². The summed E-state index contributed by atoms with van der Waals surface area (Å²) in [5, 5.41) is 0. The first kappa shape index (κ1) is 21.9. The molecule has 0 spiro atoms. The van der Waals surface area contributed by atoms with Crippen molar-refractivity contribution in [1.82, 2.24) is 0 Å². The highest BCUT2D eigenvalue weighted by atomic mass is 16.6. The molecule has 0 amide bonds. The number of rotatable bonds is 12. The zero-order chi connectivity index (χ0) is 17.9. The second-order valence-corrected chi connectivity index (χ2v) is 6.74. The Balaban J connectivity index is 5.57. The quantitative estimate of drug-likeness (QED) is 0.383. The Bertz CT molecular complexity index is 331. The van der Waals surface area contributed by atoms with Crippen molar-refractivity contribution in [3.05, 3.63) is 0 Å². The molecule has 1 unspecified atom stereocenters. The van der Waals surface area contributed by atoms with Crippen LogP contribution in [0, 0.1) is 17.3 Å². The van der Waals surface area contributed by atoms with Gasteiger partial charge in [-0.3, -0.25) is 9.59 Å². The average molecular weight is 328 g/mol. The van der Waals surface area contributed by atoms with E-state index >= 15 is 0 Å². The summed E-state index contributed by atoms with van der Waals surface area (Å²) in [5.74, 6) is -0.279. The number of hydrogen-bond donors (Lipinski definition) is 0. The number of hydrogen-bond acceptors (Lipinski definition) is 4. The van der Waals surface area contributed by atoms with Gasteiger partial charge >= 0.3 is 11.9 Å². The van der Waals surface area contributed by atoms with E-state index in [4.69, 9.17) is 9.47 Å². The van der Waals surface area contributed by atoms with E-state index in [1.807, 2.05) is 13.8 Å². The molecule has 0 aromatic rings. The molecular weight excluding hydrogens is 292 g/mol. The zero-order valence-electron chi connectivity index (χ0n) is 15.9. The first-order valence-electron chi connectivity index (χ1n) is 9.22. The minimum absolute atomic E-state index is 0.215. The van der Waals surface area contributed by atoms with Crippen LogP contribution in [0.5, 0.6) is 0 Å². The highest BCUT2D eigenvalue weighted by Crippen LogP contribution is 2.39. The lowest BCUT2D eigenvalue weighted by Gasteiger charge is -2.33. The number of carbonyl (C=O) groups is 2. The van der Waals surface area contributed by atoms with Gasteiger partial charge in [0.15, 0.2) is 5.41 Å². The molecule has 0 saturated heterocycles. The lowest BCUT2D eigenvalue weighted by Crippen LogP contribution is -2.44. The van der Waals surface area contributed by atoms with Crippen LogP contribution < -0.4 is 0 Å². The van der Waals surface area contributed by atoms with E-state index < -0.39 is 17.4 Å². The minimum atomic E-state index is -1.16. The molecule has 4 heteroatoms. The predicted octanol–water partition coefficient (Wildman–Crippen LogP) is 4.75. The van der Waals surface area contributed by atoms with Crippen molar-refractivity contribution in [3.63, 3.8) is 0 Å². The van der Waals surface area contributed by atoms with Crippen LogP contribution in [0.2, 0.25) is 0 Å². The molecule has 0 saturated carbocycles. The normalized spacial score (nSPS) is 13.0. The Hall–Kier alpha value is -1.06. The maximum absolute atomic E-state index is 12.7. The van der Waals surface area contributed by atoms with E-state index in [1.54, 1.807) is 13.8 Å². The van der Waals surface area contributed by atoms with Crippen molar-refractivity contribution in [3.8, 4) is 0 Å². The maximum atomic E-state index is 12.7. The van der Waals surface area contributed by atoms with E-state index in [1.165, 1.54) is 0 Å². The molecule has 136 valence electrons. The van der Waals surface area contributed by atoms with E-state index in [2.05, 4.69) is 13.8 Å². The lowest BCUT2D eigenvalue weighted by atomic mass is 9.72. The summed E-state index contributed by atoms with van der Waals surface area (Å²) in [7, 11) is 0. The molecule has 0 heterocycles. The van der Waals surface area contributed by atoms with Crippen LogP contribution in [0.4, 0.5) is 0 Å². The SMILES string of the molecule is CCCCC(CC)CC(CC(C)C)(C(=O)OCC)C(=O)OCC. The largest absolute Gasteiger partial charge is 0.465 e. The second kappa shape index (κ2) is 11.5. The minimum Gasteiger partial charge on any atom is -0.465 e. The molecule has 23 heavy (non-hydrogen) atoms. The molecule has 0 aliphatic heterocycles. The van der Waals surface area contributed by atoms with Crippen LogP contribution in [-0.2, 0) is 19.1 Å². The molecule has 0 radical (unpaired) electrons. The molecule has 0 N–H and O–H groups in total. The van der Waals surface area contributed by atoms with Crippen LogP contribution >= 0.6 is 0 Å². The molecule has 0 aromatic heterocycles. The van der Waals surface area contributed by atoms with Crippen molar-refractivity contribution in [2.24, 2.45) is 17.3 Å². The third-order valence-electron chi connectivity index (χ3n) is 4.27. The third-order valence-corrected chi connectivity index (χ3v) is 4.27. The van der Waals surface area contributed by atoms with Gasteiger partial charge in [0.25, 0.3) is 0 Å².